The predicted molar refractivity (Wildman–Crippen MR) is 93.9 cm³/mol. The first-order valence-electron chi connectivity index (χ1n) is 7.72. The van der Waals surface area contributed by atoms with Crippen molar-refractivity contribution in [1.29, 1.82) is 0 Å². The Morgan fingerprint density at radius 2 is 1.96 bits per heavy atom. The summed E-state index contributed by atoms with van der Waals surface area (Å²) in [5.41, 5.74) is 3.31. The first-order chi connectivity index (χ1) is 11.8. The second kappa shape index (κ2) is 6.39. The molecule has 0 atom stereocenters. The molecule has 0 aliphatic heterocycles. The highest BCUT2D eigenvalue weighted by molar-refractivity contribution is 5.97. The molecule has 0 bridgehead atoms. The summed E-state index contributed by atoms with van der Waals surface area (Å²) in [4.78, 5) is 15.7. The molecule has 0 fully saturated rings. The summed E-state index contributed by atoms with van der Waals surface area (Å²) in [5, 5.41) is 22.9. The number of carboxylic acids is 1. The lowest BCUT2D eigenvalue weighted by Gasteiger charge is -2.17. The van der Waals surface area contributed by atoms with E-state index in [4.69, 9.17) is 0 Å². The van der Waals surface area contributed by atoms with E-state index in [2.05, 4.69) is 10.3 Å². The SMILES string of the molecule is Cc1ccc(O)c(Nc2c(CC(=O)O)c(C)nc3ccc(F)cc23)c1. The molecule has 3 aromatic rings. The van der Waals surface area contributed by atoms with Crippen LogP contribution in [0.1, 0.15) is 16.8 Å². The molecule has 0 spiro atoms. The number of hydrogen-bond donors (Lipinski definition) is 3. The first kappa shape index (κ1) is 16.7. The number of phenolic OH excluding ortho intramolecular Hbond substituents is 1. The maximum absolute atomic E-state index is 13.8. The Morgan fingerprint density at radius 1 is 1.20 bits per heavy atom. The third kappa shape index (κ3) is 3.38. The number of hydrogen-bond acceptors (Lipinski definition) is 4. The molecule has 1 aromatic heterocycles. The number of benzene rings is 2. The largest absolute Gasteiger partial charge is 0.506 e. The second-order valence-corrected chi connectivity index (χ2v) is 5.93. The van der Waals surface area contributed by atoms with Crippen LogP contribution >= 0.6 is 0 Å². The monoisotopic (exact) mass is 340 g/mol. The van der Waals surface area contributed by atoms with E-state index in [0.717, 1.165) is 5.56 Å². The van der Waals surface area contributed by atoms with Crippen LogP contribution in [0.2, 0.25) is 0 Å². The number of aromatic nitrogens is 1. The van der Waals surface area contributed by atoms with E-state index < -0.39 is 11.8 Å². The van der Waals surface area contributed by atoms with Crippen LogP contribution < -0.4 is 5.32 Å². The van der Waals surface area contributed by atoms with Crippen molar-refractivity contribution in [3.63, 3.8) is 0 Å². The van der Waals surface area contributed by atoms with Gasteiger partial charge in [-0.2, -0.15) is 0 Å². The van der Waals surface area contributed by atoms with Crippen LogP contribution in [0.3, 0.4) is 0 Å². The molecule has 25 heavy (non-hydrogen) atoms. The number of aromatic hydroxyl groups is 1. The molecule has 2 aromatic carbocycles. The van der Waals surface area contributed by atoms with Gasteiger partial charge >= 0.3 is 5.97 Å². The molecule has 1 heterocycles. The molecule has 0 saturated carbocycles. The Kier molecular flexibility index (Phi) is 4.27. The Bertz CT molecular complexity index is 986. The maximum atomic E-state index is 13.8. The van der Waals surface area contributed by atoms with Crippen LogP contribution in [0, 0.1) is 19.7 Å². The van der Waals surface area contributed by atoms with Gasteiger partial charge in [0.15, 0.2) is 0 Å². The number of nitrogens with one attached hydrogen (secondary N) is 1. The van der Waals surface area contributed by atoms with Gasteiger partial charge in [-0.3, -0.25) is 9.78 Å². The second-order valence-electron chi connectivity index (χ2n) is 5.93. The average Bonchev–Trinajstić information content (AvgIpc) is 2.54. The molecular formula is C19H17FN2O3. The number of aliphatic carboxylic acids is 1. The van der Waals surface area contributed by atoms with Crippen molar-refractivity contribution in [2.24, 2.45) is 0 Å². The van der Waals surface area contributed by atoms with Gasteiger partial charge in [0.2, 0.25) is 0 Å². The van der Waals surface area contributed by atoms with Gasteiger partial charge in [-0.25, -0.2) is 4.39 Å². The van der Waals surface area contributed by atoms with Crippen molar-refractivity contribution < 1.29 is 19.4 Å². The molecule has 3 N–H and O–H groups in total. The fourth-order valence-corrected chi connectivity index (χ4v) is 2.79. The lowest BCUT2D eigenvalue weighted by Crippen LogP contribution is -2.08. The van der Waals surface area contributed by atoms with E-state index in [1.807, 2.05) is 6.92 Å². The summed E-state index contributed by atoms with van der Waals surface area (Å²) in [5.74, 6) is -1.45. The molecule has 0 aliphatic rings. The molecule has 0 unspecified atom stereocenters. The number of phenols is 1. The smallest absolute Gasteiger partial charge is 0.307 e. The summed E-state index contributed by atoms with van der Waals surface area (Å²) in [7, 11) is 0. The Hall–Kier alpha value is -3.15. The van der Waals surface area contributed by atoms with Crippen LogP contribution in [0.25, 0.3) is 10.9 Å². The number of carbonyl (C=O) groups is 1. The number of halogens is 1. The molecule has 0 saturated heterocycles. The number of pyridine rings is 1. The number of carboxylic acid groups (broad SMARTS) is 1. The van der Waals surface area contributed by atoms with Crippen molar-refractivity contribution in [3.8, 4) is 5.75 Å². The lowest BCUT2D eigenvalue weighted by molar-refractivity contribution is -0.136. The van der Waals surface area contributed by atoms with Gasteiger partial charge in [-0.05, 0) is 49.7 Å². The zero-order valence-corrected chi connectivity index (χ0v) is 13.8. The van der Waals surface area contributed by atoms with Crippen LogP contribution in [-0.4, -0.2) is 21.2 Å². The standard InChI is InChI=1S/C19H17FN2O3/c1-10-3-6-17(23)16(7-10)22-19-13(9-18(24)25)11(2)21-15-5-4-12(20)8-14(15)19/h3-8,23H,9H2,1-2H3,(H,21,22)(H,24,25). The van der Waals surface area contributed by atoms with E-state index in [0.29, 0.717) is 33.5 Å². The molecule has 0 aliphatic carbocycles. The average molecular weight is 340 g/mol. The minimum atomic E-state index is -1.02. The highest BCUT2D eigenvalue weighted by atomic mass is 19.1. The normalized spacial score (nSPS) is 10.8. The number of nitrogens with zero attached hydrogens (tertiary/aromatic N) is 1. The number of rotatable bonds is 4. The Morgan fingerprint density at radius 3 is 2.68 bits per heavy atom. The van der Waals surface area contributed by atoms with Crippen LogP contribution in [0.5, 0.6) is 5.75 Å². The minimum absolute atomic E-state index is 0.0193. The van der Waals surface area contributed by atoms with Gasteiger partial charge < -0.3 is 15.5 Å². The summed E-state index contributed by atoms with van der Waals surface area (Å²) in [6.07, 6.45) is -0.264. The Labute approximate surface area is 143 Å². The van der Waals surface area contributed by atoms with E-state index in [9.17, 15) is 19.4 Å². The number of aryl methyl sites for hydroxylation is 2. The molecule has 3 rings (SSSR count). The van der Waals surface area contributed by atoms with Gasteiger partial charge in [-0.15, -0.1) is 0 Å². The molecule has 5 nitrogen and oxygen atoms in total. The van der Waals surface area contributed by atoms with E-state index in [1.165, 1.54) is 12.1 Å². The maximum Gasteiger partial charge on any atom is 0.307 e. The number of fused-ring (bicyclic) bond motifs is 1. The zero-order chi connectivity index (χ0) is 18.1. The highest BCUT2D eigenvalue weighted by Gasteiger charge is 2.17. The molecule has 0 radical (unpaired) electrons. The van der Waals surface area contributed by atoms with Gasteiger partial charge in [-0.1, -0.05) is 6.07 Å². The van der Waals surface area contributed by atoms with Crippen molar-refractivity contribution in [2.75, 3.05) is 5.32 Å². The van der Waals surface area contributed by atoms with Gasteiger partial charge in [0, 0.05) is 16.6 Å². The quantitative estimate of drug-likeness (QED) is 0.624. The van der Waals surface area contributed by atoms with Gasteiger partial charge in [0.25, 0.3) is 0 Å². The molecular weight excluding hydrogens is 323 g/mol. The fraction of sp³-hybridized carbons (Fsp3) is 0.158. The first-order valence-corrected chi connectivity index (χ1v) is 7.72. The van der Waals surface area contributed by atoms with Crippen LogP contribution in [0.4, 0.5) is 15.8 Å². The van der Waals surface area contributed by atoms with Gasteiger partial charge in [0.1, 0.15) is 11.6 Å². The number of anilines is 2. The molecule has 128 valence electrons. The predicted octanol–water partition coefficient (Wildman–Crippen LogP) is 4.07. The zero-order valence-electron chi connectivity index (χ0n) is 13.8. The topological polar surface area (TPSA) is 82.5 Å². The van der Waals surface area contributed by atoms with Crippen molar-refractivity contribution in [3.05, 3.63) is 59.0 Å². The molecule has 6 heteroatoms. The summed E-state index contributed by atoms with van der Waals surface area (Å²) in [6, 6.07) is 9.20. The van der Waals surface area contributed by atoms with E-state index in [1.54, 1.807) is 31.2 Å². The van der Waals surface area contributed by atoms with Crippen LogP contribution in [0.15, 0.2) is 36.4 Å². The minimum Gasteiger partial charge on any atom is -0.506 e. The third-order valence-electron chi connectivity index (χ3n) is 3.99. The lowest BCUT2D eigenvalue weighted by atomic mass is 10.0. The highest BCUT2D eigenvalue weighted by Crippen LogP contribution is 2.35. The Balaban J connectivity index is 2.26. The molecule has 0 amide bonds. The van der Waals surface area contributed by atoms with Crippen molar-refractivity contribution in [2.45, 2.75) is 20.3 Å². The van der Waals surface area contributed by atoms with Crippen molar-refractivity contribution in [1.82, 2.24) is 4.98 Å². The summed E-state index contributed by atoms with van der Waals surface area (Å²) in [6.45, 7) is 3.58. The van der Waals surface area contributed by atoms with Crippen LogP contribution in [-0.2, 0) is 11.2 Å². The fourth-order valence-electron chi connectivity index (χ4n) is 2.79. The third-order valence-corrected chi connectivity index (χ3v) is 3.99. The van der Waals surface area contributed by atoms with Gasteiger partial charge in [0.05, 0.1) is 23.3 Å². The van der Waals surface area contributed by atoms with Crippen molar-refractivity contribution >= 4 is 28.2 Å². The summed E-state index contributed by atoms with van der Waals surface area (Å²) >= 11 is 0. The van der Waals surface area contributed by atoms with E-state index in [-0.39, 0.29) is 12.2 Å². The van der Waals surface area contributed by atoms with E-state index >= 15 is 0 Å². The summed E-state index contributed by atoms with van der Waals surface area (Å²) < 4.78 is 13.8.